The Morgan fingerprint density at radius 1 is 1.00 bits per heavy atom. The van der Waals surface area contributed by atoms with Gasteiger partial charge in [-0.3, -0.25) is 9.59 Å². The van der Waals surface area contributed by atoms with Crippen molar-refractivity contribution in [2.24, 2.45) is 0 Å². The van der Waals surface area contributed by atoms with Gasteiger partial charge in [0.25, 0.3) is 11.8 Å². The van der Waals surface area contributed by atoms with E-state index in [1.807, 2.05) is 13.8 Å². The van der Waals surface area contributed by atoms with Crippen molar-refractivity contribution in [2.75, 3.05) is 32.7 Å². The second-order valence-electron chi connectivity index (χ2n) is 12.1. The van der Waals surface area contributed by atoms with E-state index in [0.717, 1.165) is 31.0 Å². The second kappa shape index (κ2) is 15.9. The molecule has 3 aromatic carbocycles. The Kier molecular flexibility index (Phi) is 12.2. The minimum Gasteiger partial charge on any atom is -0.389 e. The van der Waals surface area contributed by atoms with Gasteiger partial charge >= 0.3 is 0 Å². The van der Waals surface area contributed by atoms with Gasteiger partial charge in [0.1, 0.15) is 11.6 Å². The number of halogens is 2. The highest BCUT2D eigenvalue weighted by molar-refractivity contribution is 7.89. The molecule has 12 heteroatoms. The summed E-state index contributed by atoms with van der Waals surface area (Å²) < 4.78 is 56.7. The molecule has 0 aliphatic carbocycles. The molecule has 47 heavy (non-hydrogen) atoms. The number of piperazine rings is 1. The van der Waals surface area contributed by atoms with E-state index in [-0.39, 0.29) is 48.0 Å². The van der Waals surface area contributed by atoms with Crippen molar-refractivity contribution in [2.45, 2.75) is 70.0 Å². The Morgan fingerprint density at radius 3 is 2.28 bits per heavy atom. The number of nitrogens with zero attached hydrogens (tertiary/aromatic N) is 2. The molecule has 0 radical (unpaired) electrons. The van der Waals surface area contributed by atoms with Crippen LogP contribution in [0, 0.1) is 25.5 Å². The molecule has 0 saturated carbocycles. The quantitative estimate of drug-likeness (QED) is 0.251. The summed E-state index contributed by atoms with van der Waals surface area (Å²) in [5, 5.41) is 17.7. The number of aryl methyl sites for hydroxylation is 2. The van der Waals surface area contributed by atoms with Gasteiger partial charge in [0.15, 0.2) is 0 Å². The highest BCUT2D eigenvalue weighted by Crippen LogP contribution is 2.23. The first kappa shape index (κ1) is 36.1. The topological polar surface area (TPSA) is 119 Å². The highest BCUT2D eigenvalue weighted by Gasteiger charge is 2.37. The van der Waals surface area contributed by atoms with Gasteiger partial charge < -0.3 is 20.6 Å². The summed E-state index contributed by atoms with van der Waals surface area (Å²) in [5.74, 6) is -2.41. The average Bonchev–Trinajstić information content (AvgIpc) is 3.03. The van der Waals surface area contributed by atoms with E-state index in [2.05, 4.69) is 10.6 Å². The molecule has 0 bridgehead atoms. The van der Waals surface area contributed by atoms with E-state index in [4.69, 9.17) is 0 Å². The molecule has 1 aliphatic rings. The zero-order valence-electron chi connectivity index (χ0n) is 27.3. The van der Waals surface area contributed by atoms with Crippen LogP contribution in [0.3, 0.4) is 0 Å². The Bertz CT molecular complexity index is 1660. The lowest BCUT2D eigenvalue weighted by molar-refractivity contribution is 0.0600. The number of carbonyl (C=O) groups excluding carboxylic acids is 2. The Hall–Kier alpha value is -3.71. The summed E-state index contributed by atoms with van der Waals surface area (Å²) in [7, 11) is -3.89. The van der Waals surface area contributed by atoms with Gasteiger partial charge in [-0.25, -0.2) is 17.2 Å². The van der Waals surface area contributed by atoms with E-state index in [1.54, 1.807) is 49.1 Å². The van der Waals surface area contributed by atoms with Gasteiger partial charge in [0.05, 0.1) is 17.0 Å². The fraction of sp³-hybridized carbons (Fsp3) is 0.429. The van der Waals surface area contributed by atoms with E-state index >= 15 is 0 Å². The number of rotatable bonds is 13. The molecule has 4 rings (SSSR count). The summed E-state index contributed by atoms with van der Waals surface area (Å²) in [6.45, 7) is 8.90. The summed E-state index contributed by atoms with van der Waals surface area (Å²) in [5.41, 5.74) is 2.01. The number of hydrogen-bond acceptors (Lipinski definition) is 6. The number of aliphatic hydroxyl groups is 1. The zero-order valence-corrected chi connectivity index (χ0v) is 28.1. The van der Waals surface area contributed by atoms with Crippen LogP contribution in [0.1, 0.15) is 64.1 Å². The van der Waals surface area contributed by atoms with Gasteiger partial charge in [-0.1, -0.05) is 32.0 Å². The van der Waals surface area contributed by atoms with Gasteiger partial charge in [0.2, 0.25) is 10.0 Å². The molecule has 3 atom stereocenters. The minimum absolute atomic E-state index is 0.102. The van der Waals surface area contributed by atoms with Crippen molar-refractivity contribution >= 4 is 21.8 Å². The summed E-state index contributed by atoms with van der Waals surface area (Å²) in [6.07, 6.45) is 0.0483. The zero-order chi connectivity index (χ0) is 34.3. The van der Waals surface area contributed by atoms with Crippen LogP contribution in [0.5, 0.6) is 0 Å². The molecule has 0 aromatic heterocycles. The summed E-state index contributed by atoms with van der Waals surface area (Å²) in [4.78, 5) is 29.0. The van der Waals surface area contributed by atoms with Gasteiger partial charge in [-0.2, -0.15) is 4.31 Å². The maximum Gasteiger partial charge on any atom is 0.253 e. The monoisotopic (exact) mass is 670 g/mol. The Labute approximate surface area is 276 Å². The summed E-state index contributed by atoms with van der Waals surface area (Å²) in [6, 6.07) is 12.6. The van der Waals surface area contributed by atoms with Crippen LogP contribution >= 0.6 is 0 Å². The molecule has 0 spiro atoms. The molecule has 1 aliphatic heterocycles. The van der Waals surface area contributed by atoms with E-state index in [0.29, 0.717) is 29.8 Å². The largest absolute Gasteiger partial charge is 0.389 e. The SMILES string of the molecule is CCCN(CCC)C(=O)c1cc(C)cc(C(=O)NC(Cc2cc(F)cc(F)c2)[C@H](O)C2CN(S(=O)(=O)c3ccccc3C)CCN2)c1. The number of sulfonamides is 1. The number of amides is 2. The maximum absolute atomic E-state index is 14.2. The number of nitrogens with one attached hydrogen (secondary N) is 2. The summed E-state index contributed by atoms with van der Waals surface area (Å²) >= 11 is 0. The lowest BCUT2D eigenvalue weighted by atomic mass is 9.94. The van der Waals surface area contributed by atoms with Gasteiger partial charge in [-0.05, 0) is 86.2 Å². The smallest absolute Gasteiger partial charge is 0.253 e. The second-order valence-corrected chi connectivity index (χ2v) is 14.0. The Balaban J connectivity index is 1.62. The predicted octanol–water partition coefficient (Wildman–Crippen LogP) is 4.21. The van der Waals surface area contributed by atoms with Gasteiger partial charge in [0, 0.05) is 56.0 Å². The first-order valence-corrected chi connectivity index (χ1v) is 17.4. The highest BCUT2D eigenvalue weighted by atomic mass is 32.2. The van der Waals surface area contributed by atoms with Crippen molar-refractivity contribution in [1.82, 2.24) is 19.8 Å². The standard InChI is InChI=1S/C35H44F2N4O5S/c1-5-12-40(13-6-2)35(44)27-16-23(3)15-26(20-27)34(43)39-30(19-25-17-28(36)21-29(37)18-25)33(42)31-22-41(14-11-38-31)47(45,46)32-10-8-7-9-24(32)4/h7-10,15-18,20-21,30-31,33,38,42H,5-6,11-14,19,22H2,1-4H3,(H,39,43)/t30?,31?,33-/m0/s1. The Morgan fingerprint density at radius 2 is 1.64 bits per heavy atom. The number of aliphatic hydroxyl groups excluding tert-OH is 1. The van der Waals surface area contributed by atoms with Crippen molar-refractivity contribution < 1.29 is 31.9 Å². The maximum atomic E-state index is 14.2. The number of benzene rings is 3. The first-order chi connectivity index (χ1) is 22.3. The van der Waals surface area contributed by atoms with Crippen molar-refractivity contribution in [1.29, 1.82) is 0 Å². The molecule has 3 N–H and O–H groups in total. The van der Waals surface area contributed by atoms with Crippen LogP contribution < -0.4 is 10.6 Å². The van der Waals surface area contributed by atoms with E-state index in [9.17, 15) is 31.9 Å². The van der Waals surface area contributed by atoms with Crippen LogP contribution in [-0.4, -0.2) is 85.5 Å². The average molecular weight is 671 g/mol. The van der Waals surface area contributed by atoms with Crippen LogP contribution in [0.15, 0.2) is 65.6 Å². The molecule has 2 amide bonds. The molecule has 254 valence electrons. The molecule has 1 heterocycles. The van der Waals surface area contributed by atoms with Crippen molar-refractivity contribution in [3.8, 4) is 0 Å². The normalized spacial score (nSPS) is 16.8. The van der Waals surface area contributed by atoms with Crippen LogP contribution in [-0.2, 0) is 16.4 Å². The fourth-order valence-electron chi connectivity index (χ4n) is 6.03. The predicted molar refractivity (Wildman–Crippen MR) is 177 cm³/mol. The van der Waals surface area contributed by atoms with E-state index in [1.165, 1.54) is 16.4 Å². The molecule has 2 unspecified atom stereocenters. The molecule has 9 nitrogen and oxygen atoms in total. The third-order valence-electron chi connectivity index (χ3n) is 8.26. The molecule has 1 saturated heterocycles. The minimum atomic E-state index is -3.89. The molecule has 1 fully saturated rings. The third-order valence-corrected chi connectivity index (χ3v) is 10.3. The van der Waals surface area contributed by atoms with Crippen LogP contribution in [0.4, 0.5) is 8.78 Å². The van der Waals surface area contributed by atoms with Crippen molar-refractivity contribution in [3.63, 3.8) is 0 Å². The van der Waals surface area contributed by atoms with Gasteiger partial charge in [-0.15, -0.1) is 0 Å². The molecule has 3 aromatic rings. The van der Waals surface area contributed by atoms with Crippen LogP contribution in [0.2, 0.25) is 0 Å². The number of carbonyl (C=O) groups is 2. The number of hydrogen-bond donors (Lipinski definition) is 3. The molecular weight excluding hydrogens is 626 g/mol. The van der Waals surface area contributed by atoms with Crippen LogP contribution in [0.25, 0.3) is 0 Å². The van der Waals surface area contributed by atoms with E-state index < -0.39 is 45.8 Å². The fourth-order valence-corrected chi connectivity index (χ4v) is 7.72. The molecular formula is C35H44F2N4O5S. The van der Waals surface area contributed by atoms with Crippen molar-refractivity contribution in [3.05, 3.63) is 100 Å². The third kappa shape index (κ3) is 9.01. The lowest BCUT2D eigenvalue weighted by Crippen LogP contribution is -2.62. The lowest BCUT2D eigenvalue weighted by Gasteiger charge is -2.38. The first-order valence-electron chi connectivity index (χ1n) is 16.0.